The Morgan fingerprint density at radius 3 is 1.11 bits per heavy atom. The summed E-state index contributed by atoms with van der Waals surface area (Å²) in [4.78, 5) is 0. The molecule has 5 heteroatoms. The third-order valence-corrected chi connectivity index (χ3v) is 3.86. The lowest BCUT2D eigenvalue weighted by atomic mass is 10.0. The van der Waals surface area contributed by atoms with Gasteiger partial charge in [0.15, 0.2) is 6.29 Å². The van der Waals surface area contributed by atoms with E-state index in [9.17, 15) is 0 Å². The van der Waals surface area contributed by atoms with Crippen molar-refractivity contribution in [2.75, 3.05) is 0 Å². The highest BCUT2D eigenvalue weighted by Gasteiger charge is 2.27. The van der Waals surface area contributed by atoms with Gasteiger partial charge in [-0.15, -0.1) is 0 Å². The molecule has 0 aliphatic heterocycles. The first-order valence-corrected chi connectivity index (χ1v) is 11.2. The second kappa shape index (κ2) is 14.7. The van der Waals surface area contributed by atoms with Gasteiger partial charge in [-0.1, -0.05) is 0 Å². The van der Waals surface area contributed by atoms with E-state index >= 15 is 0 Å². The Balaban J connectivity index is 5.16. The van der Waals surface area contributed by atoms with Crippen LogP contribution >= 0.6 is 0 Å². The van der Waals surface area contributed by atoms with Gasteiger partial charge in [-0.3, -0.25) is 0 Å². The van der Waals surface area contributed by atoms with Gasteiger partial charge in [0, 0.05) is 12.8 Å². The number of ether oxygens (including phenoxy) is 5. The van der Waals surface area contributed by atoms with Gasteiger partial charge in [0.05, 0.1) is 48.8 Å². The van der Waals surface area contributed by atoms with Crippen LogP contribution in [0.2, 0.25) is 0 Å². The van der Waals surface area contributed by atoms with E-state index in [1.54, 1.807) is 0 Å². The van der Waals surface area contributed by atoms with E-state index in [-0.39, 0.29) is 55.1 Å². The zero-order valence-electron chi connectivity index (χ0n) is 20.4. The standard InChI is InChI=1S/C23H48O5/c1-15(2)24-20(11)12-21(25-16(3)4)13-22(26-17(5)6)14-23(27-18(7)8)28-19(9)10/h15-23H,12-14H2,1-11H3. The predicted molar refractivity (Wildman–Crippen MR) is 116 cm³/mol. The van der Waals surface area contributed by atoms with Crippen LogP contribution in [0.3, 0.4) is 0 Å². The Morgan fingerprint density at radius 2 is 0.750 bits per heavy atom. The van der Waals surface area contributed by atoms with Crippen LogP contribution in [0.1, 0.15) is 95.4 Å². The number of hydrogen-bond donors (Lipinski definition) is 0. The SMILES string of the molecule is CC(C)OC(C)CC(CC(CC(OC(C)C)OC(C)C)OC(C)C)OC(C)C. The molecular formula is C23H48O5. The quantitative estimate of drug-likeness (QED) is 0.307. The molecule has 0 radical (unpaired) electrons. The molecule has 0 spiro atoms. The van der Waals surface area contributed by atoms with Gasteiger partial charge in [-0.25, -0.2) is 0 Å². The second-order valence-corrected chi connectivity index (χ2v) is 9.12. The summed E-state index contributed by atoms with van der Waals surface area (Å²) in [6, 6.07) is 0. The summed E-state index contributed by atoms with van der Waals surface area (Å²) in [5, 5.41) is 0. The Morgan fingerprint density at radius 1 is 0.393 bits per heavy atom. The first-order chi connectivity index (χ1) is 12.9. The molecule has 3 atom stereocenters. The second-order valence-electron chi connectivity index (χ2n) is 9.12. The highest BCUT2D eigenvalue weighted by molar-refractivity contribution is 4.73. The third-order valence-electron chi connectivity index (χ3n) is 3.86. The van der Waals surface area contributed by atoms with Crippen molar-refractivity contribution in [1.82, 2.24) is 0 Å². The van der Waals surface area contributed by atoms with E-state index in [1.807, 2.05) is 27.7 Å². The van der Waals surface area contributed by atoms with Crippen LogP contribution in [-0.2, 0) is 23.7 Å². The largest absolute Gasteiger partial charge is 0.376 e. The summed E-state index contributed by atoms with van der Waals surface area (Å²) in [5.74, 6) is 0. The van der Waals surface area contributed by atoms with Crippen molar-refractivity contribution in [2.45, 2.75) is 151 Å². The van der Waals surface area contributed by atoms with Crippen LogP contribution < -0.4 is 0 Å². The minimum absolute atomic E-state index is 0.00231. The lowest BCUT2D eigenvalue weighted by Crippen LogP contribution is -2.35. The van der Waals surface area contributed by atoms with E-state index in [2.05, 4.69) is 48.5 Å². The van der Waals surface area contributed by atoms with E-state index < -0.39 is 0 Å². The van der Waals surface area contributed by atoms with E-state index in [4.69, 9.17) is 23.7 Å². The number of hydrogen-bond acceptors (Lipinski definition) is 5. The smallest absolute Gasteiger partial charge is 0.160 e. The molecule has 0 saturated heterocycles. The van der Waals surface area contributed by atoms with E-state index in [0.29, 0.717) is 6.42 Å². The molecule has 3 unspecified atom stereocenters. The van der Waals surface area contributed by atoms with E-state index in [1.165, 1.54) is 0 Å². The van der Waals surface area contributed by atoms with Crippen LogP contribution in [0.15, 0.2) is 0 Å². The summed E-state index contributed by atoms with van der Waals surface area (Å²) in [7, 11) is 0. The third kappa shape index (κ3) is 15.7. The normalized spacial score (nSPS) is 16.2. The van der Waals surface area contributed by atoms with Crippen LogP contribution in [0.4, 0.5) is 0 Å². The maximum absolute atomic E-state index is 6.24. The molecule has 0 fully saturated rings. The topological polar surface area (TPSA) is 46.2 Å². The summed E-state index contributed by atoms with van der Waals surface area (Å²) >= 11 is 0. The summed E-state index contributed by atoms with van der Waals surface area (Å²) in [6.07, 6.45) is 2.94. The van der Waals surface area contributed by atoms with Crippen molar-refractivity contribution >= 4 is 0 Å². The molecule has 28 heavy (non-hydrogen) atoms. The van der Waals surface area contributed by atoms with Crippen molar-refractivity contribution in [3.05, 3.63) is 0 Å². The average molecular weight is 405 g/mol. The van der Waals surface area contributed by atoms with Gasteiger partial charge in [0.1, 0.15) is 0 Å². The predicted octanol–water partition coefficient (Wildman–Crippen LogP) is 5.73. The zero-order valence-corrected chi connectivity index (χ0v) is 20.4. The summed E-state index contributed by atoms with van der Waals surface area (Å²) in [5.41, 5.74) is 0. The Labute approximate surface area is 174 Å². The molecule has 0 bridgehead atoms. The first-order valence-electron chi connectivity index (χ1n) is 11.2. The Kier molecular flexibility index (Phi) is 14.6. The van der Waals surface area contributed by atoms with Gasteiger partial charge in [0.25, 0.3) is 0 Å². The highest BCUT2D eigenvalue weighted by atomic mass is 16.7. The van der Waals surface area contributed by atoms with E-state index in [0.717, 1.165) is 12.8 Å². The van der Waals surface area contributed by atoms with Gasteiger partial charge in [0.2, 0.25) is 0 Å². The molecule has 0 saturated carbocycles. The number of rotatable bonds is 16. The lowest BCUT2D eigenvalue weighted by Gasteiger charge is -2.32. The fourth-order valence-corrected chi connectivity index (χ4v) is 3.33. The van der Waals surface area contributed by atoms with Crippen molar-refractivity contribution < 1.29 is 23.7 Å². The summed E-state index contributed by atoms with van der Waals surface area (Å²) < 4.78 is 30.4. The van der Waals surface area contributed by atoms with Crippen molar-refractivity contribution in [1.29, 1.82) is 0 Å². The molecule has 0 N–H and O–H groups in total. The molecule has 5 nitrogen and oxygen atoms in total. The fraction of sp³-hybridized carbons (Fsp3) is 1.00. The van der Waals surface area contributed by atoms with Crippen LogP contribution in [-0.4, -0.2) is 55.1 Å². The Bertz CT molecular complexity index is 358. The van der Waals surface area contributed by atoms with Gasteiger partial charge in [-0.05, 0) is 82.6 Å². The van der Waals surface area contributed by atoms with Crippen LogP contribution in [0.5, 0.6) is 0 Å². The molecule has 0 aromatic heterocycles. The molecule has 0 amide bonds. The molecule has 0 aliphatic rings. The lowest BCUT2D eigenvalue weighted by molar-refractivity contribution is -0.202. The summed E-state index contributed by atoms with van der Waals surface area (Å²) in [6.45, 7) is 22.7. The zero-order chi connectivity index (χ0) is 21.9. The molecule has 170 valence electrons. The molecule has 0 rings (SSSR count). The van der Waals surface area contributed by atoms with Crippen LogP contribution in [0.25, 0.3) is 0 Å². The maximum Gasteiger partial charge on any atom is 0.160 e. The maximum atomic E-state index is 6.24. The van der Waals surface area contributed by atoms with Gasteiger partial charge in [-0.2, -0.15) is 0 Å². The molecule has 0 aromatic rings. The molecule has 0 aliphatic carbocycles. The monoisotopic (exact) mass is 404 g/mol. The highest BCUT2D eigenvalue weighted by Crippen LogP contribution is 2.22. The van der Waals surface area contributed by atoms with Crippen LogP contribution in [0, 0.1) is 0 Å². The first kappa shape index (κ1) is 27.8. The molecule has 0 heterocycles. The minimum Gasteiger partial charge on any atom is -0.376 e. The van der Waals surface area contributed by atoms with Gasteiger partial charge >= 0.3 is 0 Å². The van der Waals surface area contributed by atoms with Crippen molar-refractivity contribution in [2.24, 2.45) is 0 Å². The minimum atomic E-state index is -0.284. The fourth-order valence-electron chi connectivity index (χ4n) is 3.33. The molecular weight excluding hydrogens is 356 g/mol. The molecule has 0 aromatic carbocycles. The van der Waals surface area contributed by atoms with Crippen molar-refractivity contribution in [3.8, 4) is 0 Å². The van der Waals surface area contributed by atoms with Crippen molar-refractivity contribution in [3.63, 3.8) is 0 Å². The van der Waals surface area contributed by atoms with Gasteiger partial charge < -0.3 is 23.7 Å². The average Bonchev–Trinajstić information content (AvgIpc) is 2.42. The Hall–Kier alpha value is -0.200.